The van der Waals surface area contributed by atoms with Gasteiger partial charge in [0, 0.05) is 38.4 Å². The molecule has 2 heterocycles. The molecule has 12 rings (SSSR count). The minimum absolute atomic E-state index is 0.832. The van der Waals surface area contributed by atoms with Gasteiger partial charge in [-0.1, -0.05) is 194 Å². The summed E-state index contributed by atoms with van der Waals surface area (Å²) in [6, 6.07) is 84.1. The van der Waals surface area contributed by atoms with Crippen molar-refractivity contribution in [2.75, 3.05) is 4.90 Å². The van der Waals surface area contributed by atoms with Gasteiger partial charge in [-0.15, -0.1) is 0 Å². The van der Waals surface area contributed by atoms with E-state index in [1.54, 1.807) is 0 Å². The maximum Gasteiger partial charge on any atom is 0.159 e. The lowest BCUT2D eigenvalue weighted by molar-refractivity contribution is 0.669. The Morgan fingerprint density at radius 1 is 0.254 bits per heavy atom. The molecule has 0 fully saturated rings. The van der Waals surface area contributed by atoms with Crippen LogP contribution in [-0.4, -0.2) is 0 Å². The number of fused-ring (bicyclic) bond motifs is 6. The van der Waals surface area contributed by atoms with Crippen molar-refractivity contribution >= 4 is 60.9 Å². The van der Waals surface area contributed by atoms with Gasteiger partial charge in [0.1, 0.15) is 16.7 Å². The number of furan rings is 2. The van der Waals surface area contributed by atoms with Crippen LogP contribution in [0.1, 0.15) is 0 Å². The van der Waals surface area contributed by atoms with Crippen LogP contribution in [0.15, 0.2) is 245 Å². The topological polar surface area (TPSA) is 29.5 Å². The molecule has 3 nitrogen and oxygen atoms in total. The van der Waals surface area contributed by atoms with Crippen LogP contribution in [-0.2, 0) is 0 Å². The lowest BCUT2D eigenvalue weighted by Crippen LogP contribution is -2.11. The molecule has 0 atom stereocenters. The largest absolute Gasteiger partial charge is 0.455 e. The van der Waals surface area contributed by atoms with Crippen LogP contribution in [0.4, 0.5) is 17.1 Å². The van der Waals surface area contributed by atoms with Crippen LogP contribution in [0, 0.1) is 0 Å². The maximum atomic E-state index is 6.79. The van der Waals surface area contributed by atoms with Crippen LogP contribution in [0.3, 0.4) is 0 Å². The van der Waals surface area contributed by atoms with Crippen molar-refractivity contribution in [1.82, 2.24) is 0 Å². The predicted molar refractivity (Wildman–Crippen MR) is 263 cm³/mol. The van der Waals surface area contributed by atoms with E-state index in [1.807, 2.05) is 18.2 Å². The van der Waals surface area contributed by atoms with Crippen LogP contribution >= 0.6 is 0 Å². The van der Waals surface area contributed by atoms with E-state index in [-0.39, 0.29) is 0 Å². The third-order valence-corrected chi connectivity index (χ3v) is 12.3. The Bertz CT molecular complexity index is 3620. The average Bonchev–Trinajstić information content (AvgIpc) is 3.94. The highest BCUT2D eigenvalue weighted by Crippen LogP contribution is 2.49. The molecule has 296 valence electrons. The van der Waals surface area contributed by atoms with Gasteiger partial charge in [-0.2, -0.15) is 0 Å². The molecule has 0 aliphatic carbocycles. The Morgan fingerprint density at radius 3 is 1.46 bits per heavy atom. The molecule has 63 heavy (non-hydrogen) atoms. The van der Waals surface area contributed by atoms with E-state index in [1.165, 1.54) is 22.3 Å². The Morgan fingerprint density at radius 2 is 0.730 bits per heavy atom. The first kappa shape index (κ1) is 36.5. The second-order valence-electron chi connectivity index (χ2n) is 16.0. The summed E-state index contributed by atoms with van der Waals surface area (Å²) in [5.74, 6) is 0. The minimum atomic E-state index is 0.832. The Balaban J connectivity index is 1.08. The van der Waals surface area contributed by atoms with Gasteiger partial charge >= 0.3 is 0 Å². The summed E-state index contributed by atoms with van der Waals surface area (Å²) < 4.78 is 13.3. The van der Waals surface area contributed by atoms with Crippen LogP contribution < -0.4 is 4.90 Å². The average molecular weight is 806 g/mol. The van der Waals surface area contributed by atoms with E-state index >= 15 is 0 Å². The molecule has 0 N–H and O–H groups in total. The summed E-state index contributed by atoms with van der Waals surface area (Å²) in [5, 5.41) is 4.40. The zero-order valence-electron chi connectivity index (χ0n) is 34.3. The van der Waals surface area contributed by atoms with Gasteiger partial charge in [0.05, 0.1) is 11.4 Å². The number of benzene rings is 10. The molecule has 0 amide bonds. The molecule has 10 aromatic carbocycles. The molecule has 3 heteroatoms. The summed E-state index contributed by atoms with van der Waals surface area (Å²) in [5.41, 5.74) is 17.8. The first-order chi connectivity index (χ1) is 31.3. The van der Waals surface area contributed by atoms with Crippen molar-refractivity contribution < 1.29 is 8.83 Å². The van der Waals surface area contributed by atoms with Gasteiger partial charge in [-0.05, 0) is 87.0 Å². The fourth-order valence-electron chi connectivity index (χ4n) is 9.38. The molecule has 0 aliphatic rings. The van der Waals surface area contributed by atoms with E-state index in [2.05, 4.69) is 223 Å². The molecule has 0 aliphatic heterocycles. The number of nitrogens with zero attached hydrogens (tertiary/aromatic N) is 1. The van der Waals surface area contributed by atoms with Gasteiger partial charge in [-0.3, -0.25) is 0 Å². The minimum Gasteiger partial charge on any atom is -0.455 e. The molecule has 12 aromatic rings. The molecule has 0 unspecified atom stereocenters. The smallest absolute Gasteiger partial charge is 0.159 e. The van der Waals surface area contributed by atoms with E-state index in [0.717, 1.165) is 94.3 Å². The molecule has 0 saturated carbocycles. The number of hydrogen-bond acceptors (Lipinski definition) is 3. The normalized spacial score (nSPS) is 11.5. The highest BCUT2D eigenvalue weighted by atomic mass is 16.3. The molecule has 2 aromatic heterocycles. The number of hydrogen-bond donors (Lipinski definition) is 0. The van der Waals surface area contributed by atoms with Crippen molar-refractivity contribution in [3.63, 3.8) is 0 Å². The van der Waals surface area contributed by atoms with Gasteiger partial charge < -0.3 is 13.7 Å². The second kappa shape index (κ2) is 15.3. The highest BCUT2D eigenvalue weighted by Gasteiger charge is 2.24. The van der Waals surface area contributed by atoms with Crippen LogP contribution in [0.2, 0.25) is 0 Å². The molecule has 0 saturated heterocycles. The lowest BCUT2D eigenvalue weighted by atomic mass is 9.86. The van der Waals surface area contributed by atoms with Gasteiger partial charge in [0.25, 0.3) is 0 Å². The molecule has 0 radical (unpaired) electrons. The van der Waals surface area contributed by atoms with Crippen LogP contribution in [0.5, 0.6) is 0 Å². The molecular weight excluding hydrogens is 767 g/mol. The predicted octanol–water partition coefficient (Wildman–Crippen LogP) is 17.3. The monoisotopic (exact) mass is 805 g/mol. The quantitative estimate of drug-likeness (QED) is 0.153. The molecular formula is C60H39NO2. The first-order valence-electron chi connectivity index (χ1n) is 21.4. The molecule has 0 spiro atoms. The maximum absolute atomic E-state index is 6.79. The fourth-order valence-corrected chi connectivity index (χ4v) is 9.38. The third kappa shape index (κ3) is 6.29. The van der Waals surface area contributed by atoms with Gasteiger partial charge in [0.2, 0.25) is 0 Å². The Hall–Kier alpha value is -8.40. The first-order valence-corrected chi connectivity index (χ1v) is 21.4. The van der Waals surface area contributed by atoms with E-state index < -0.39 is 0 Å². The Kier molecular flexibility index (Phi) is 8.83. The summed E-state index contributed by atoms with van der Waals surface area (Å²) >= 11 is 0. The summed E-state index contributed by atoms with van der Waals surface area (Å²) in [6.45, 7) is 0. The standard InChI is InChI=1S/C60H39NO2/c1-3-17-40(18-4-1)43-35-38-48(54(39-43)47-22-8-7-21-45(47)41-19-5-2-6-20-41)49-23-9-12-29-55(49)61(56-30-16-28-53-51-25-11-14-32-58(51)63-60(53)56)44-36-33-42(34-37-44)46-26-15-27-52-50-24-10-13-31-57(50)62-59(46)52/h1-39H. The van der Waals surface area contributed by atoms with Crippen molar-refractivity contribution in [3.8, 4) is 55.6 Å². The highest BCUT2D eigenvalue weighted by molar-refractivity contribution is 6.12. The van der Waals surface area contributed by atoms with Crippen molar-refractivity contribution in [2.45, 2.75) is 0 Å². The zero-order valence-corrected chi connectivity index (χ0v) is 34.3. The van der Waals surface area contributed by atoms with Gasteiger partial charge in [0.15, 0.2) is 5.58 Å². The number of anilines is 3. The third-order valence-electron chi connectivity index (χ3n) is 12.3. The number of para-hydroxylation sites is 5. The Labute approximate surface area is 365 Å². The summed E-state index contributed by atoms with van der Waals surface area (Å²) in [7, 11) is 0. The van der Waals surface area contributed by atoms with Crippen molar-refractivity contribution in [3.05, 3.63) is 237 Å². The second-order valence-corrected chi connectivity index (χ2v) is 16.0. The van der Waals surface area contributed by atoms with E-state index in [4.69, 9.17) is 8.83 Å². The SMILES string of the molecule is c1ccc(-c2ccc(-c3ccccc3N(c3ccc(-c4cccc5c4oc4ccccc45)cc3)c3cccc4c3oc3ccccc34)c(-c3ccccc3-c3ccccc3)c2)cc1. The summed E-state index contributed by atoms with van der Waals surface area (Å²) in [4.78, 5) is 2.36. The van der Waals surface area contributed by atoms with E-state index in [9.17, 15) is 0 Å². The van der Waals surface area contributed by atoms with Crippen LogP contribution in [0.25, 0.3) is 99.5 Å². The summed E-state index contributed by atoms with van der Waals surface area (Å²) in [6.07, 6.45) is 0. The molecule has 0 bridgehead atoms. The van der Waals surface area contributed by atoms with Gasteiger partial charge in [-0.25, -0.2) is 0 Å². The zero-order chi connectivity index (χ0) is 41.7. The van der Waals surface area contributed by atoms with Crippen molar-refractivity contribution in [1.29, 1.82) is 0 Å². The van der Waals surface area contributed by atoms with Crippen molar-refractivity contribution in [2.24, 2.45) is 0 Å². The van der Waals surface area contributed by atoms with E-state index in [0.29, 0.717) is 0 Å². The fraction of sp³-hybridized carbons (Fsp3) is 0. The lowest BCUT2D eigenvalue weighted by Gasteiger charge is -2.29. The number of rotatable bonds is 8.